The van der Waals surface area contributed by atoms with Crippen LogP contribution in [0.5, 0.6) is 0 Å². The van der Waals surface area contributed by atoms with Gasteiger partial charge in [-0.2, -0.15) is 0 Å². The van der Waals surface area contributed by atoms with Crippen molar-refractivity contribution in [3.8, 4) is 0 Å². The van der Waals surface area contributed by atoms with Gasteiger partial charge in [-0.05, 0) is 0 Å². The van der Waals surface area contributed by atoms with Gasteiger partial charge in [-0.1, -0.05) is 40.5 Å². The second-order valence-electron chi connectivity index (χ2n) is 2.13. The minimum absolute atomic E-state index is 1.25. The molecule has 0 heterocycles. The van der Waals surface area contributed by atoms with Crippen LogP contribution in [0.4, 0.5) is 0 Å². The first-order valence-corrected chi connectivity index (χ1v) is 6.09. The topological polar surface area (TPSA) is 0 Å². The summed E-state index contributed by atoms with van der Waals surface area (Å²) in [5.74, 6) is 0. The van der Waals surface area contributed by atoms with E-state index in [9.17, 15) is 0 Å². The van der Waals surface area contributed by atoms with E-state index in [1.165, 1.54) is 38.3 Å². The normalized spacial score (nSPS) is 7.33. The Morgan fingerprint density at radius 1 is 1.00 bits per heavy atom. The molecule has 0 aromatic rings. The van der Waals surface area contributed by atoms with Crippen LogP contribution in [0.3, 0.4) is 0 Å². The molecule has 0 saturated carbocycles. The summed E-state index contributed by atoms with van der Waals surface area (Å²) >= 11 is 1.45. The van der Waals surface area contributed by atoms with E-state index in [2.05, 4.69) is 27.7 Å². The van der Waals surface area contributed by atoms with Crippen molar-refractivity contribution in [2.45, 2.75) is 40.5 Å². The van der Waals surface area contributed by atoms with Crippen LogP contribution in [0.1, 0.15) is 40.5 Å². The summed E-state index contributed by atoms with van der Waals surface area (Å²) in [6.45, 7) is 13.5. The molecule has 0 spiro atoms. The van der Waals surface area contributed by atoms with Gasteiger partial charge in [0.1, 0.15) is 0 Å². The van der Waals surface area contributed by atoms with Crippen molar-refractivity contribution in [3.63, 3.8) is 0 Å². The third-order valence-electron chi connectivity index (χ3n) is 0.301. The Morgan fingerprint density at radius 3 is 1.42 bits per heavy atom. The molecule has 0 nitrogen and oxygen atoms in total. The zero-order chi connectivity index (χ0) is 10.2. The average Bonchev–Trinajstić information content (AvgIpc) is 2.04. The van der Waals surface area contributed by atoms with E-state index < -0.39 is 0 Å². The Labute approximate surface area is 89.2 Å². The number of hydrogen-bond donors (Lipinski definition) is 0. The molecule has 0 saturated heterocycles. The Bertz CT molecular complexity index is 81.2. The molecule has 0 aromatic carbocycles. The standard InChI is InChI=1S/C5H5.2C3H8.W/c1-3-5-4-2;2*1-3-2;/h1-5H;2*3H2,1-2H3;/q-1;;;. The Kier molecular flexibility index (Phi) is 45.6. The molecule has 0 N–H and O–H groups in total. The molecule has 0 atom stereocenters. The van der Waals surface area contributed by atoms with Crippen molar-refractivity contribution < 1.29 is 19.4 Å². The van der Waals surface area contributed by atoms with E-state index >= 15 is 0 Å². The van der Waals surface area contributed by atoms with E-state index in [0.717, 1.165) is 0 Å². The van der Waals surface area contributed by atoms with Crippen LogP contribution in [0.25, 0.3) is 0 Å². The summed E-state index contributed by atoms with van der Waals surface area (Å²) in [7, 11) is 0. The van der Waals surface area contributed by atoms with Crippen molar-refractivity contribution in [3.05, 3.63) is 24.8 Å². The van der Waals surface area contributed by atoms with Crippen LogP contribution in [-0.2, 0) is 19.4 Å². The first kappa shape index (κ1) is 18.0. The summed E-state index contributed by atoms with van der Waals surface area (Å²) in [6, 6.07) is 0. The first-order chi connectivity index (χ1) is 5.74. The fourth-order valence-electron chi connectivity index (χ4n) is 0.110. The fourth-order valence-corrected chi connectivity index (χ4v) is 0.435. The molecule has 0 rings (SSSR count). The summed E-state index contributed by atoms with van der Waals surface area (Å²) in [6.07, 6.45) is 7.72. The zero-order valence-corrected chi connectivity index (χ0v) is 11.6. The Hall–Kier alpha value is 0.0383. The summed E-state index contributed by atoms with van der Waals surface area (Å²) < 4.78 is 2.00. The third-order valence-corrected chi connectivity index (χ3v) is 0.865. The van der Waals surface area contributed by atoms with Crippen LogP contribution < -0.4 is 0 Å². The maximum absolute atomic E-state index is 4.99. The van der Waals surface area contributed by atoms with Crippen LogP contribution >= 0.6 is 0 Å². The quantitative estimate of drug-likeness (QED) is 0.532. The van der Waals surface area contributed by atoms with Gasteiger partial charge in [-0.25, -0.2) is 0 Å². The molecular weight excluding hydrogens is 316 g/mol. The molecule has 1 heteroatoms. The van der Waals surface area contributed by atoms with Gasteiger partial charge in [0.2, 0.25) is 0 Å². The molecular formula is C11H21W-. The average molecular weight is 337 g/mol. The van der Waals surface area contributed by atoms with Gasteiger partial charge in [0.05, 0.1) is 0 Å². The van der Waals surface area contributed by atoms with Gasteiger partial charge in [0, 0.05) is 0 Å². The molecule has 12 heavy (non-hydrogen) atoms. The predicted molar refractivity (Wildman–Crippen MR) is 56.0 cm³/mol. The van der Waals surface area contributed by atoms with E-state index in [0.29, 0.717) is 0 Å². The zero-order valence-electron chi connectivity index (χ0n) is 8.71. The van der Waals surface area contributed by atoms with Gasteiger partial charge in [0.15, 0.2) is 0 Å². The number of hydrogen-bond acceptors (Lipinski definition) is 0. The van der Waals surface area contributed by atoms with E-state index in [4.69, 9.17) is 6.58 Å². The predicted octanol–water partition coefficient (Wildman–Crippen LogP) is 3.71. The summed E-state index contributed by atoms with van der Waals surface area (Å²) in [5, 5.41) is 0. The Morgan fingerprint density at radius 2 is 1.33 bits per heavy atom. The Balaban J connectivity index is -0.000000115. The van der Waals surface area contributed by atoms with Gasteiger partial charge >= 0.3 is 48.6 Å². The van der Waals surface area contributed by atoms with E-state index in [1.807, 2.05) is 10.5 Å². The van der Waals surface area contributed by atoms with Crippen LogP contribution in [-0.4, -0.2) is 4.40 Å². The van der Waals surface area contributed by atoms with Gasteiger partial charge in [-0.3, -0.25) is 0 Å². The van der Waals surface area contributed by atoms with Gasteiger partial charge < -0.3 is 0 Å². The van der Waals surface area contributed by atoms with Crippen molar-refractivity contribution in [1.29, 1.82) is 0 Å². The van der Waals surface area contributed by atoms with Crippen LogP contribution in [0.15, 0.2) is 18.2 Å². The molecule has 0 radical (unpaired) electrons. The van der Waals surface area contributed by atoms with E-state index in [-0.39, 0.29) is 0 Å². The SMILES string of the molecule is CCC.CCC.[CH-]=CC=C[CH]=[W]. The summed E-state index contributed by atoms with van der Waals surface area (Å²) in [5.41, 5.74) is 0. The molecule has 0 amide bonds. The number of allylic oxidation sites excluding steroid dienone is 3. The van der Waals surface area contributed by atoms with Crippen LogP contribution in [0.2, 0.25) is 0 Å². The van der Waals surface area contributed by atoms with Crippen molar-refractivity contribution in [2.24, 2.45) is 0 Å². The maximum atomic E-state index is 4.99. The molecule has 72 valence electrons. The molecule has 0 aliphatic rings. The van der Waals surface area contributed by atoms with Crippen molar-refractivity contribution in [1.82, 2.24) is 0 Å². The first-order valence-electron chi connectivity index (χ1n) is 4.40. The molecule has 0 aliphatic carbocycles. The summed E-state index contributed by atoms with van der Waals surface area (Å²) in [4.78, 5) is 0. The van der Waals surface area contributed by atoms with Crippen molar-refractivity contribution in [2.75, 3.05) is 0 Å². The molecule has 0 aliphatic heterocycles. The molecule has 0 aromatic heterocycles. The second-order valence-corrected chi connectivity index (χ2v) is 3.11. The van der Waals surface area contributed by atoms with Gasteiger partial charge in [0.25, 0.3) is 0 Å². The fraction of sp³-hybridized carbons (Fsp3) is 0.545. The molecule has 0 unspecified atom stereocenters. The second kappa shape index (κ2) is 30.5. The molecule has 0 bridgehead atoms. The van der Waals surface area contributed by atoms with Crippen LogP contribution in [0, 0.1) is 6.58 Å². The van der Waals surface area contributed by atoms with Gasteiger partial charge in [-0.15, -0.1) is 0 Å². The molecule has 0 fully saturated rings. The number of rotatable bonds is 2. The van der Waals surface area contributed by atoms with E-state index in [1.54, 1.807) is 6.08 Å². The monoisotopic (exact) mass is 337 g/mol. The third kappa shape index (κ3) is 88.8. The minimum atomic E-state index is 1.25. The van der Waals surface area contributed by atoms with Crippen molar-refractivity contribution >= 4 is 4.40 Å².